The molecule has 0 saturated carbocycles. The van der Waals surface area contributed by atoms with Crippen LogP contribution in [0.4, 0.5) is 6.01 Å². The SMILES string of the molecule is O=C(Nc1nnc(-c2ccc3c(c2)OCO3)o1)c1ccccc1I. The second-order valence-corrected chi connectivity index (χ2v) is 6.08. The predicted molar refractivity (Wildman–Crippen MR) is 93.0 cm³/mol. The Kier molecular flexibility index (Phi) is 3.81. The van der Waals surface area contributed by atoms with Crippen molar-refractivity contribution < 1.29 is 18.7 Å². The molecular formula is C16H10IN3O4. The van der Waals surface area contributed by atoms with E-state index in [1.807, 2.05) is 12.1 Å². The van der Waals surface area contributed by atoms with Crippen molar-refractivity contribution in [2.45, 2.75) is 0 Å². The van der Waals surface area contributed by atoms with Crippen LogP contribution < -0.4 is 14.8 Å². The number of rotatable bonds is 3. The number of halogens is 1. The number of fused-ring (bicyclic) bond motifs is 1. The van der Waals surface area contributed by atoms with E-state index in [1.165, 1.54) is 0 Å². The van der Waals surface area contributed by atoms with Crippen LogP contribution in [0.2, 0.25) is 0 Å². The molecule has 7 nitrogen and oxygen atoms in total. The fraction of sp³-hybridized carbons (Fsp3) is 0.0625. The zero-order valence-electron chi connectivity index (χ0n) is 12.2. The molecule has 0 atom stereocenters. The molecule has 1 aliphatic heterocycles. The van der Waals surface area contributed by atoms with Crippen molar-refractivity contribution in [3.63, 3.8) is 0 Å². The molecule has 0 saturated heterocycles. The summed E-state index contributed by atoms with van der Waals surface area (Å²) in [5, 5.41) is 10.4. The van der Waals surface area contributed by atoms with Crippen LogP contribution >= 0.6 is 22.6 Å². The second kappa shape index (κ2) is 6.11. The van der Waals surface area contributed by atoms with Gasteiger partial charge in [0.05, 0.1) is 5.56 Å². The lowest BCUT2D eigenvalue weighted by atomic mass is 10.2. The van der Waals surface area contributed by atoms with Crippen LogP contribution in [-0.4, -0.2) is 22.9 Å². The van der Waals surface area contributed by atoms with Gasteiger partial charge in [-0.1, -0.05) is 17.2 Å². The molecule has 0 bridgehead atoms. The van der Waals surface area contributed by atoms with Gasteiger partial charge in [-0.05, 0) is 52.9 Å². The quantitative estimate of drug-likeness (QED) is 0.636. The van der Waals surface area contributed by atoms with E-state index < -0.39 is 0 Å². The fourth-order valence-electron chi connectivity index (χ4n) is 2.23. The molecule has 1 aliphatic rings. The van der Waals surface area contributed by atoms with E-state index in [-0.39, 0.29) is 24.6 Å². The first kappa shape index (κ1) is 14.9. The molecule has 1 N–H and O–H groups in total. The first-order chi connectivity index (χ1) is 11.7. The lowest BCUT2D eigenvalue weighted by molar-refractivity contribution is 0.102. The summed E-state index contributed by atoms with van der Waals surface area (Å²) >= 11 is 2.10. The van der Waals surface area contributed by atoms with Gasteiger partial charge in [-0.15, -0.1) is 5.10 Å². The number of aromatic nitrogens is 2. The summed E-state index contributed by atoms with van der Waals surface area (Å²) in [6, 6.07) is 12.6. The monoisotopic (exact) mass is 435 g/mol. The van der Waals surface area contributed by atoms with Crippen LogP contribution in [0.5, 0.6) is 11.5 Å². The number of carbonyl (C=O) groups is 1. The Hall–Kier alpha value is -2.62. The van der Waals surface area contributed by atoms with Gasteiger partial charge in [0.2, 0.25) is 12.7 Å². The van der Waals surface area contributed by atoms with E-state index in [9.17, 15) is 4.79 Å². The summed E-state index contributed by atoms with van der Waals surface area (Å²) in [5.74, 6) is 1.27. The highest BCUT2D eigenvalue weighted by Gasteiger charge is 2.18. The van der Waals surface area contributed by atoms with Gasteiger partial charge in [-0.3, -0.25) is 10.1 Å². The Balaban J connectivity index is 1.55. The van der Waals surface area contributed by atoms with Crippen molar-refractivity contribution in [3.05, 3.63) is 51.6 Å². The summed E-state index contributed by atoms with van der Waals surface area (Å²) in [4.78, 5) is 12.3. The smallest absolute Gasteiger partial charge is 0.322 e. The minimum absolute atomic E-state index is 0.0346. The first-order valence-corrected chi connectivity index (χ1v) is 8.08. The van der Waals surface area contributed by atoms with Gasteiger partial charge in [0, 0.05) is 9.13 Å². The second-order valence-electron chi connectivity index (χ2n) is 4.91. The van der Waals surface area contributed by atoms with Crippen LogP contribution in [-0.2, 0) is 0 Å². The van der Waals surface area contributed by atoms with Crippen molar-refractivity contribution in [1.29, 1.82) is 0 Å². The van der Waals surface area contributed by atoms with Gasteiger partial charge >= 0.3 is 6.01 Å². The number of amides is 1. The molecule has 0 unspecified atom stereocenters. The standard InChI is InChI=1S/C16H10IN3O4/c17-11-4-2-1-3-10(11)14(21)18-16-20-19-15(24-16)9-5-6-12-13(7-9)23-8-22-12/h1-7H,8H2,(H,18,20,21). The van der Waals surface area contributed by atoms with Gasteiger partial charge in [0.1, 0.15) is 0 Å². The first-order valence-electron chi connectivity index (χ1n) is 7.00. The van der Waals surface area contributed by atoms with E-state index >= 15 is 0 Å². The summed E-state index contributed by atoms with van der Waals surface area (Å²) in [5.41, 5.74) is 1.22. The molecule has 1 amide bonds. The zero-order chi connectivity index (χ0) is 16.5. The fourth-order valence-corrected chi connectivity index (χ4v) is 2.86. The van der Waals surface area contributed by atoms with E-state index in [0.717, 1.165) is 3.57 Å². The number of nitrogens with one attached hydrogen (secondary N) is 1. The molecular weight excluding hydrogens is 425 g/mol. The Bertz CT molecular complexity index is 925. The number of nitrogens with zero attached hydrogens (tertiary/aromatic N) is 2. The average Bonchev–Trinajstić information content (AvgIpc) is 3.23. The van der Waals surface area contributed by atoms with Crippen LogP contribution in [0.3, 0.4) is 0 Å². The van der Waals surface area contributed by atoms with Gasteiger partial charge in [0.25, 0.3) is 5.91 Å². The number of carbonyl (C=O) groups excluding carboxylic acids is 1. The lowest BCUT2D eigenvalue weighted by Crippen LogP contribution is -2.13. The third kappa shape index (κ3) is 2.80. The van der Waals surface area contributed by atoms with Crippen LogP contribution in [0.1, 0.15) is 10.4 Å². The van der Waals surface area contributed by atoms with Gasteiger partial charge in [0.15, 0.2) is 11.5 Å². The van der Waals surface area contributed by atoms with E-state index in [1.54, 1.807) is 30.3 Å². The molecule has 24 heavy (non-hydrogen) atoms. The molecule has 0 radical (unpaired) electrons. The topological polar surface area (TPSA) is 86.5 Å². The van der Waals surface area contributed by atoms with Crippen molar-refractivity contribution in [1.82, 2.24) is 10.2 Å². The molecule has 120 valence electrons. The van der Waals surface area contributed by atoms with Crippen LogP contribution in [0, 0.1) is 3.57 Å². The minimum Gasteiger partial charge on any atom is -0.454 e. The number of anilines is 1. The van der Waals surface area contributed by atoms with E-state index in [0.29, 0.717) is 22.6 Å². The van der Waals surface area contributed by atoms with Crippen molar-refractivity contribution in [2.75, 3.05) is 12.1 Å². The number of hydrogen-bond acceptors (Lipinski definition) is 6. The average molecular weight is 435 g/mol. The number of ether oxygens (including phenoxy) is 2. The van der Waals surface area contributed by atoms with Crippen molar-refractivity contribution >= 4 is 34.5 Å². The highest BCUT2D eigenvalue weighted by Crippen LogP contribution is 2.35. The zero-order valence-corrected chi connectivity index (χ0v) is 14.3. The summed E-state index contributed by atoms with van der Waals surface area (Å²) < 4.78 is 16.9. The Labute approximate surface area is 150 Å². The Morgan fingerprint density at radius 3 is 2.79 bits per heavy atom. The third-order valence-electron chi connectivity index (χ3n) is 3.38. The largest absolute Gasteiger partial charge is 0.454 e. The molecule has 1 aromatic heterocycles. The molecule has 0 aliphatic carbocycles. The summed E-state index contributed by atoms with van der Waals surface area (Å²) in [7, 11) is 0. The van der Waals surface area contributed by atoms with E-state index in [4.69, 9.17) is 13.9 Å². The normalized spacial score (nSPS) is 12.2. The Morgan fingerprint density at radius 1 is 1.08 bits per heavy atom. The van der Waals surface area contributed by atoms with Crippen molar-refractivity contribution in [2.24, 2.45) is 0 Å². The molecule has 2 aromatic carbocycles. The lowest BCUT2D eigenvalue weighted by Gasteiger charge is -2.02. The summed E-state index contributed by atoms with van der Waals surface area (Å²) in [6.45, 7) is 0.194. The maximum Gasteiger partial charge on any atom is 0.322 e. The number of benzene rings is 2. The Morgan fingerprint density at radius 2 is 1.92 bits per heavy atom. The minimum atomic E-state index is -0.305. The molecule has 8 heteroatoms. The van der Waals surface area contributed by atoms with Crippen molar-refractivity contribution in [3.8, 4) is 23.0 Å². The highest BCUT2D eigenvalue weighted by molar-refractivity contribution is 14.1. The van der Waals surface area contributed by atoms with Crippen LogP contribution in [0.15, 0.2) is 46.9 Å². The molecule has 2 heterocycles. The van der Waals surface area contributed by atoms with Gasteiger partial charge < -0.3 is 13.9 Å². The molecule has 0 fully saturated rings. The van der Waals surface area contributed by atoms with E-state index in [2.05, 4.69) is 38.1 Å². The predicted octanol–water partition coefficient (Wildman–Crippen LogP) is 3.32. The molecule has 4 rings (SSSR count). The van der Waals surface area contributed by atoms with Gasteiger partial charge in [-0.25, -0.2) is 0 Å². The molecule has 3 aromatic rings. The highest BCUT2D eigenvalue weighted by atomic mass is 127. The maximum atomic E-state index is 12.3. The van der Waals surface area contributed by atoms with Crippen LogP contribution in [0.25, 0.3) is 11.5 Å². The maximum absolute atomic E-state index is 12.3. The summed E-state index contributed by atoms with van der Waals surface area (Å²) in [6.07, 6.45) is 0. The third-order valence-corrected chi connectivity index (χ3v) is 4.32. The van der Waals surface area contributed by atoms with Gasteiger partial charge in [-0.2, -0.15) is 0 Å². The molecule has 0 spiro atoms. The number of hydrogen-bond donors (Lipinski definition) is 1.